The van der Waals surface area contributed by atoms with Crippen molar-refractivity contribution in [3.05, 3.63) is 36.0 Å². The number of benzene rings is 1. The topological polar surface area (TPSA) is 24.9 Å². The molecule has 1 aliphatic rings. The van der Waals surface area contributed by atoms with Gasteiger partial charge in [-0.2, -0.15) is 0 Å². The summed E-state index contributed by atoms with van der Waals surface area (Å²) >= 11 is 0. The summed E-state index contributed by atoms with van der Waals surface area (Å²) in [7, 11) is 0. The number of fused-ring (bicyclic) bond motifs is 1. The van der Waals surface area contributed by atoms with E-state index in [9.17, 15) is 0 Å². The Morgan fingerprint density at radius 1 is 1.20 bits per heavy atom. The van der Waals surface area contributed by atoms with Gasteiger partial charge in [-0.15, -0.1) is 0 Å². The summed E-state index contributed by atoms with van der Waals surface area (Å²) in [4.78, 5) is 4.53. The summed E-state index contributed by atoms with van der Waals surface area (Å²) in [6.07, 6.45) is 7.16. The Balaban J connectivity index is 1.97. The molecule has 2 aromatic rings. The van der Waals surface area contributed by atoms with Crippen LogP contribution in [-0.2, 0) is 0 Å². The van der Waals surface area contributed by atoms with Crippen molar-refractivity contribution in [3.8, 4) is 0 Å². The molecule has 1 unspecified atom stereocenters. The van der Waals surface area contributed by atoms with Crippen molar-refractivity contribution in [2.24, 2.45) is 5.41 Å². The molecule has 106 valence electrons. The predicted octanol–water partition coefficient (Wildman–Crippen LogP) is 4.92. The lowest BCUT2D eigenvalue weighted by atomic mass is 9.73. The second-order valence-electron chi connectivity index (χ2n) is 6.76. The Morgan fingerprint density at radius 2 is 2.05 bits per heavy atom. The number of pyridine rings is 1. The molecule has 3 rings (SSSR count). The number of hydrogen-bond acceptors (Lipinski definition) is 2. The zero-order valence-corrected chi connectivity index (χ0v) is 12.7. The molecule has 0 spiro atoms. The Bertz CT molecular complexity index is 616. The van der Waals surface area contributed by atoms with E-state index in [0.29, 0.717) is 11.5 Å². The number of hydrogen-bond donors (Lipinski definition) is 1. The van der Waals surface area contributed by atoms with E-state index in [4.69, 9.17) is 0 Å². The third kappa shape index (κ3) is 2.39. The summed E-state index contributed by atoms with van der Waals surface area (Å²) in [5, 5.41) is 5.05. The summed E-state index contributed by atoms with van der Waals surface area (Å²) < 4.78 is 0. The number of anilines is 1. The van der Waals surface area contributed by atoms with Gasteiger partial charge in [-0.25, -0.2) is 0 Å². The van der Waals surface area contributed by atoms with Crippen molar-refractivity contribution < 1.29 is 0 Å². The predicted molar refractivity (Wildman–Crippen MR) is 86.1 cm³/mol. The van der Waals surface area contributed by atoms with Crippen LogP contribution in [-0.4, -0.2) is 11.0 Å². The van der Waals surface area contributed by atoms with Crippen molar-refractivity contribution in [2.75, 3.05) is 5.32 Å². The Labute approximate surface area is 121 Å². The molecule has 1 aliphatic carbocycles. The van der Waals surface area contributed by atoms with Crippen LogP contribution in [0.5, 0.6) is 0 Å². The van der Waals surface area contributed by atoms with Crippen LogP contribution in [0.4, 0.5) is 5.69 Å². The van der Waals surface area contributed by atoms with Gasteiger partial charge in [0.25, 0.3) is 0 Å². The lowest BCUT2D eigenvalue weighted by molar-refractivity contribution is 0.217. The van der Waals surface area contributed by atoms with E-state index in [2.05, 4.69) is 49.3 Å². The lowest BCUT2D eigenvalue weighted by Gasteiger charge is -2.39. The Morgan fingerprint density at radius 3 is 2.85 bits per heavy atom. The maximum Gasteiger partial charge on any atom is 0.0751 e. The van der Waals surface area contributed by atoms with Crippen LogP contribution in [0.2, 0.25) is 0 Å². The quantitative estimate of drug-likeness (QED) is 0.836. The van der Waals surface area contributed by atoms with Crippen LogP contribution in [0.15, 0.2) is 30.5 Å². The Kier molecular flexibility index (Phi) is 3.41. The molecule has 1 aromatic heterocycles. The molecule has 1 N–H and O–H groups in total. The fourth-order valence-electron chi connectivity index (χ4n) is 3.39. The van der Waals surface area contributed by atoms with Gasteiger partial charge in [0.2, 0.25) is 0 Å². The molecular formula is C18H24N2. The normalized spacial score (nSPS) is 21.9. The van der Waals surface area contributed by atoms with Gasteiger partial charge in [0.05, 0.1) is 5.52 Å². The minimum atomic E-state index is 0.373. The van der Waals surface area contributed by atoms with Gasteiger partial charge in [-0.1, -0.05) is 32.8 Å². The highest BCUT2D eigenvalue weighted by Gasteiger charge is 2.32. The minimum Gasteiger partial charge on any atom is -0.381 e. The van der Waals surface area contributed by atoms with E-state index in [0.717, 1.165) is 5.52 Å². The van der Waals surface area contributed by atoms with Crippen LogP contribution in [0.3, 0.4) is 0 Å². The smallest absolute Gasteiger partial charge is 0.0751 e. The number of nitrogens with zero attached hydrogens (tertiary/aromatic N) is 1. The zero-order valence-electron chi connectivity index (χ0n) is 12.7. The van der Waals surface area contributed by atoms with E-state index in [1.54, 1.807) is 0 Å². The number of rotatable bonds is 2. The lowest BCUT2D eigenvalue weighted by Crippen LogP contribution is -2.38. The summed E-state index contributed by atoms with van der Waals surface area (Å²) in [6, 6.07) is 9.15. The van der Waals surface area contributed by atoms with Crippen molar-refractivity contribution >= 4 is 16.6 Å². The SMILES string of the molecule is Cc1ccc(NC2CCCCC2(C)C)c2cccnc12. The van der Waals surface area contributed by atoms with E-state index < -0.39 is 0 Å². The highest BCUT2D eigenvalue weighted by atomic mass is 14.9. The second kappa shape index (κ2) is 5.08. The highest BCUT2D eigenvalue weighted by molar-refractivity contribution is 5.93. The molecule has 0 amide bonds. The van der Waals surface area contributed by atoms with Crippen LogP contribution in [0.25, 0.3) is 10.9 Å². The maximum atomic E-state index is 4.53. The molecule has 2 heteroatoms. The molecule has 0 radical (unpaired) electrons. The summed E-state index contributed by atoms with van der Waals surface area (Å²) in [6.45, 7) is 6.90. The number of aryl methyl sites for hydroxylation is 1. The monoisotopic (exact) mass is 268 g/mol. The molecule has 0 aliphatic heterocycles. The first-order chi connectivity index (χ1) is 9.58. The maximum absolute atomic E-state index is 4.53. The van der Waals surface area contributed by atoms with E-state index in [1.165, 1.54) is 42.3 Å². The average molecular weight is 268 g/mol. The van der Waals surface area contributed by atoms with E-state index in [-0.39, 0.29) is 0 Å². The van der Waals surface area contributed by atoms with Gasteiger partial charge < -0.3 is 5.32 Å². The molecule has 2 nitrogen and oxygen atoms in total. The largest absolute Gasteiger partial charge is 0.381 e. The Hall–Kier alpha value is -1.57. The van der Waals surface area contributed by atoms with E-state index in [1.807, 2.05) is 12.3 Å². The fourth-order valence-corrected chi connectivity index (χ4v) is 3.39. The second-order valence-corrected chi connectivity index (χ2v) is 6.76. The number of aromatic nitrogens is 1. The summed E-state index contributed by atoms with van der Waals surface area (Å²) in [5.41, 5.74) is 3.97. The molecule has 0 bridgehead atoms. The van der Waals surface area contributed by atoms with Crippen LogP contribution in [0.1, 0.15) is 45.1 Å². The molecule has 1 heterocycles. The van der Waals surface area contributed by atoms with Gasteiger partial charge >= 0.3 is 0 Å². The number of nitrogens with one attached hydrogen (secondary N) is 1. The van der Waals surface area contributed by atoms with Crippen molar-refractivity contribution in [1.82, 2.24) is 4.98 Å². The first-order valence-electron chi connectivity index (χ1n) is 7.69. The van der Waals surface area contributed by atoms with Gasteiger partial charge in [-0.05, 0) is 48.9 Å². The van der Waals surface area contributed by atoms with Crippen LogP contribution < -0.4 is 5.32 Å². The third-order valence-corrected chi connectivity index (χ3v) is 4.81. The first-order valence-corrected chi connectivity index (χ1v) is 7.69. The fraction of sp³-hybridized carbons (Fsp3) is 0.500. The van der Waals surface area contributed by atoms with Gasteiger partial charge in [0.1, 0.15) is 0 Å². The highest BCUT2D eigenvalue weighted by Crippen LogP contribution is 2.38. The van der Waals surface area contributed by atoms with Crippen LogP contribution in [0, 0.1) is 12.3 Å². The minimum absolute atomic E-state index is 0.373. The molecular weight excluding hydrogens is 244 g/mol. The van der Waals surface area contributed by atoms with Gasteiger partial charge in [0, 0.05) is 23.3 Å². The molecule has 1 fully saturated rings. The molecule has 1 atom stereocenters. The van der Waals surface area contributed by atoms with E-state index >= 15 is 0 Å². The molecule has 1 saturated carbocycles. The first kappa shape index (κ1) is 13.4. The van der Waals surface area contributed by atoms with Crippen LogP contribution >= 0.6 is 0 Å². The van der Waals surface area contributed by atoms with Gasteiger partial charge in [0.15, 0.2) is 0 Å². The average Bonchev–Trinajstić information content (AvgIpc) is 2.44. The van der Waals surface area contributed by atoms with Crippen molar-refractivity contribution in [1.29, 1.82) is 0 Å². The molecule has 20 heavy (non-hydrogen) atoms. The molecule has 0 saturated heterocycles. The standard InChI is InChI=1S/C18H24N2/c1-13-9-10-15(14-7-6-12-19-17(13)14)20-16-8-4-5-11-18(16,2)3/h6-7,9-10,12,16,20H,4-5,8,11H2,1-3H3. The van der Waals surface area contributed by atoms with Crippen molar-refractivity contribution in [2.45, 2.75) is 52.5 Å². The third-order valence-electron chi connectivity index (χ3n) is 4.81. The molecule has 1 aromatic carbocycles. The zero-order chi connectivity index (χ0) is 14.2. The summed E-state index contributed by atoms with van der Waals surface area (Å²) in [5.74, 6) is 0. The van der Waals surface area contributed by atoms with Gasteiger partial charge in [-0.3, -0.25) is 4.98 Å². The van der Waals surface area contributed by atoms with Crippen molar-refractivity contribution in [3.63, 3.8) is 0 Å².